The van der Waals surface area contributed by atoms with Crippen molar-refractivity contribution >= 4 is 41.9 Å². The summed E-state index contributed by atoms with van der Waals surface area (Å²) in [6.07, 6.45) is 0. The van der Waals surface area contributed by atoms with E-state index < -0.39 is 10.0 Å². The molecule has 2 aromatic carbocycles. The molecule has 0 unspecified atom stereocenters. The molecule has 0 N–H and O–H groups in total. The first-order chi connectivity index (χ1) is 9.93. The number of nitrogens with zero attached hydrogens (tertiary/aromatic N) is 1. The summed E-state index contributed by atoms with van der Waals surface area (Å²) in [4.78, 5) is 0.312. The zero-order valence-electron chi connectivity index (χ0n) is 11.5. The minimum Gasteiger partial charge on any atom is -0.207 e. The monoisotopic (exact) mass is 431 g/mol. The Balaban J connectivity index is 2.19. The van der Waals surface area contributed by atoms with Crippen LogP contribution in [0.5, 0.6) is 0 Å². The zero-order chi connectivity index (χ0) is 15.5. The summed E-state index contributed by atoms with van der Waals surface area (Å²) in [5.74, 6) is 0. The fourth-order valence-corrected chi connectivity index (χ4v) is 3.66. The lowest BCUT2D eigenvalue weighted by Gasteiger charge is -2.17. The van der Waals surface area contributed by atoms with Gasteiger partial charge < -0.3 is 0 Å². The quantitative estimate of drug-likeness (QED) is 0.665. The Labute approximate surface area is 142 Å². The molecule has 0 aromatic heterocycles. The maximum atomic E-state index is 12.5. The number of sulfonamides is 1. The van der Waals surface area contributed by atoms with Crippen molar-refractivity contribution in [2.24, 2.45) is 0 Å². The lowest BCUT2D eigenvalue weighted by atomic mass is 10.2. The van der Waals surface area contributed by atoms with Gasteiger partial charge in [-0.25, -0.2) is 8.42 Å². The van der Waals surface area contributed by atoms with Gasteiger partial charge in [-0.15, -0.1) is 0 Å². The van der Waals surface area contributed by atoms with Gasteiger partial charge in [0.25, 0.3) is 0 Å². The predicted octanol–water partition coefficient (Wildman–Crippen LogP) is 4.16. The minimum atomic E-state index is -3.47. The normalized spacial score (nSPS) is 11.8. The SMILES string of the molecule is CN(Cc1ccc(Br)cc1)S(=O)(=O)c1ccc(CBr)cc1. The molecule has 21 heavy (non-hydrogen) atoms. The van der Waals surface area contributed by atoms with Gasteiger partial charge in [-0.1, -0.05) is 56.1 Å². The smallest absolute Gasteiger partial charge is 0.207 e. The van der Waals surface area contributed by atoms with Crippen molar-refractivity contribution in [3.63, 3.8) is 0 Å². The van der Waals surface area contributed by atoms with Crippen LogP contribution in [0.4, 0.5) is 0 Å². The molecule has 3 nitrogen and oxygen atoms in total. The molecule has 2 rings (SSSR count). The van der Waals surface area contributed by atoms with Gasteiger partial charge in [-0.2, -0.15) is 4.31 Å². The summed E-state index contributed by atoms with van der Waals surface area (Å²) in [6, 6.07) is 14.5. The number of alkyl halides is 1. The first kappa shape index (κ1) is 16.7. The summed E-state index contributed by atoms with van der Waals surface area (Å²) in [6.45, 7) is 0.343. The Morgan fingerprint density at radius 2 is 1.48 bits per heavy atom. The highest BCUT2D eigenvalue weighted by atomic mass is 79.9. The van der Waals surface area contributed by atoms with Crippen LogP contribution in [0.2, 0.25) is 0 Å². The van der Waals surface area contributed by atoms with Gasteiger partial charge in [0, 0.05) is 23.4 Å². The van der Waals surface area contributed by atoms with Crippen LogP contribution < -0.4 is 0 Å². The fourth-order valence-electron chi connectivity index (χ4n) is 1.86. The Morgan fingerprint density at radius 3 is 2.00 bits per heavy atom. The lowest BCUT2D eigenvalue weighted by molar-refractivity contribution is 0.466. The molecule has 0 radical (unpaired) electrons. The van der Waals surface area contributed by atoms with Crippen LogP contribution in [-0.2, 0) is 21.9 Å². The Bertz CT molecular complexity index is 697. The van der Waals surface area contributed by atoms with E-state index in [0.717, 1.165) is 15.6 Å². The molecule has 0 aliphatic heterocycles. The molecule has 0 bridgehead atoms. The largest absolute Gasteiger partial charge is 0.243 e. The predicted molar refractivity (Wildman–Crippen MR) is 91.9 cm³/mol. The van der Waals surface area contributed by atoms with Crippen molar-refractivity contribution < 1.29 is 8.42 Å². The van der Waals surface area contributed by atoms with Crippen LogP contribution in [0, 0.1) is 0 Å². The molecular formula is C15H15Br2NO2S. The van der Waals surface area contributed by atoms with E-state index >= 15 is 0 Å². The van der Waals surface area contributed by atoms with Crippen LogP contribution in [-0.4, -0.2) is 19.8 Å². The van der Waals surface area contributed by atoms with Gasteiger partial charge in [0.1, 0.15) is 0 Å². The second-order valence-electron chi connectivity index (χ2n) is 4.67. The van der Waals surface area contributed by atoms with Crippen LogP contribution in [0.25, 0.3) is 0 Å². The van der Waals surface area contributed by atoms with Crippen molar-refractivity contribution in [1.82, 2.24) is 4.31 Å². The van der Waals surface area contributed by atoms with E-state index in [1.807, 2.05) is 36.4 Å². The maximum absolute atomic E-state index is 12.5. The van der Waals surface area contributed by atoms with Gasteiger partial charge in [0.15, 0.2) is 0 Å². The molecule has 0 saturated heterocycles. The molecule has 0 aliphatic carbocycles. The van der Waals surface area contributed by atoms with Crippen molar-refractivity contribution in [3.8, 4) is 0 Å². The summed E-state index contributed by atoms with van der Waals surface area (Å²) in [5, 5.41) is 0.710. The Hall–Kier alpha value is -0.690. The number of halogens is 2. The van der Waals surface area contributed by atoms with Gasteiger partial charge in [-0.3, -0.25) is 0 Å². The van der Waals surface area contributed by atoms with E-state index in [0.29, 0.717) is 16.8 Å². The average molecular weight is 433 g/mol. The van der Waals surface area contributed by atoms with E-state index in [4.69, 9.17) is 0 Å². The molecule has 0 aliphatic rings. The second-order valence-corrected chi connectivity index (χ2v) is 8.19. The summed E-state index contributed by atoms with van der Waals surface area (Å²) >= 11 is 6.71. The van der Waals surface area contributed by atoms with Crippen molar-refractivity contribution in [1.29, 1.82) is 0 Å². The number of hydrogen-bond donors (Lipinski definition) is 0. The second kappa shape index (κ2) is 7.05. The first-order valence-corrected chi connectivity index (χ1v) is 9.64. The molecule has 0 fully saturated rings. The molecule has 0 heterocycles. The topological polar surface area (TPSA) is 37.4 Å². The maximum Gasteiger partial charge on any atom is 0.243 e. The minimum absolute atomic E-state index is 0.312. The van der Waals surface area contributed by atoms with E-state index in [2.05, 4.69) is 31.9 Å². The summed E-state index contributed by atoms with van der Waals surface area (Å²) < 4.78 is 27.4. The number of benzene rings is 2. The molecule has 0 amide bonds. The van der Waals surface area contributed by atoms with E-state index in [1.165, 1.54) is 4.31 Å². The summed E-state index contributed by atoms with van der Waals surface area (Å²) in [7, 11) is -1.87. The van der Waals surface area contributed by atoms with E-state index in [-0.39, 0.29) is 0 Å². The van der Waals surface area contributed by atoms with Crippen LogP contribution in [0.1, 0.15) is 11.1 Å². The summed E-state index contributed by atoms with van der Waals surface area (Å²) in [5.41, 5.74) is 1.99. The highest BCUT2D eigenvalue weighted by Gasteiger charge is 2.20. The highest BCUT2D eigenvalue weighted by molar-refractivity contribution is 9.10. The molecule has 0 atom stereocenters. The first-order valence-electron chi connectivity index (χ1n) is 6.29. The van der Waals surface area contributed by atoms with Gasteiger partial charge in [0.2, 0.25) is 10.0 Å². The van der Waals surface area contributed by atoms with Gasteiger partial charge in [0.05, 0.1) is 4.90 Å². The fraction of sp³-hybridized carbons (Fsp3) is 0.200. The van der Waals surface area contributed by atoms with Crippen molar-refractivity contribution in [2.45, 2.75) is 16.8 Å². The Morgan fingerprint density at radius 1 is 0.952 bits per heavy atom. The molecule has 6 heteroatoms. The lowest BCUT2D eigenvalue weighted by Crippen LogP contribution is -2.26. The molecule has 0 spiro atoms. The highest BCUT2D eigenvalue weighted by Crippen LogP contribution is 2.19. The Kier molecular flexibility index (Phi) is 5.60. The molecule has 0 saturated carbocycles. The average Bonchev–Trinajstić information content (AvgIpc) is 2.49. The molecular weight excluding hydrogens is 418 g/mol. The standard InChI is InChI=1S/C15H15Br2NO2S/c1-18(11-13-2-6-14(17)7-3-13)21(19,20)15-8-4-12(10-16)5-9-15/h2-9H,10-11H2,1H3. The third kappa shape index (κ3) is 4.16. The van der Waals surface area contributed by atoms with E-state index in [9.17, 15) is 8.42 Å². The third-order valence-electron chi connectivity index (χ3n) is 3.10. The third-order valence-corrected chi connectivity index (χ3v) is 6.10. The molecule has 112 valence electrons. The zero-order valence-corrected chi connectivity index (χ0v) is 15.4. The van der Waals surface area contributed by atoms with Crippen LogP contribution >= 0.6 is 31.9 Å². The van der Waals surface area contributed by atoms with Gasteiger partial charge >= 0.3 is 0 Å². The number of rotatable bonds is 5. The van der Waals surface area contributed by atoms with Gasteiger partial charge in [-0.05, 0) is 35.4 Å². The van der Waals surface area contributed by atoms with E-state index in [1.54, 1.807) is 19.2 Å². The van der Waals surface area contributed by atoms with Crippen LogP contribution in [0.15, 0.2) is 57.9 Å². The van der Waals surface area contributed by atoms with Crippen LogP contribution in [0.3, 0.4) is 0 Å². The number of hydrogen-bond acceptors (Lipinski definition) is 2. The van der Waals surface area contributed by atoms with Crippen molar-refractivity contribution in [3.05, 3.63) is 64.1 Å². The van der Waals surface area contributed by atoms with Crippen molar-refractivity contribution in [2.75, 3.05) is 7.05 Å². The molecule has 2 aromatic rings.